The van der Waals surface area contributed by atoms with Gasteiger partial charge >= 0.3 is 0 Å². The van der Waals surface area contributed by atoms with Crippen LogP contribution in [0.1, 0.15) is 55.9 Å². The summed E-state index contributed by atoms with van der Waals surface area (Å²) in [6.45, 7) is 0.907. The van der Waals surface area contributed by atoms with Gasteiger partial charge in [0, 0.05) is 17.5 Å². The normalized spacial score (nSPS) is 31.2. The number of amides is 1. The van der Waals surface area contributed by atoms with E-state index >= 15 is 0 Å². The Balaban J connectivity index is 1.75. The van der Waals surface area contributed by atoms with E-state index < -0.39 is 0 Å². The number of rotatable bonds is 2. The lowest BCUT2D eigenvalue weighted by atomic mass is 9.93. The Labute approximate surface area is 125 Å². The van der Waals surface area contributed by atoms with Crippen molar-refractivity contribution in [1.29, 1.82) is 0 Å². The zero-order valence-corrected chi connectivity index (χ0v) is 12.8. The van der Waals surface area contributed by atoms with Crippen LogP contribution in [0.4, 0.5) is 0 Å². The number of carbonyl (C=O) groups excluding carboxylic acids is 1. The van der Waals surface area contributed by atoms with Gasteiger partial charge in [0.1, 0.15) is 0 Å². The number of likely N-dealkylation sites (tertiary alicyclic amines) is 1. The van der Waals surface area contributed by atoms with Gasteiger partial charge in [-0.3, -0.25) is 4.79 Å². The van der Waals surface area contributed by atoms with Crippen LogP contribution >= 0.6 is 11.3 Å². The van der Waals surface area contributed by atoms with E-state index in [9.17, 15) is 4.79 Å². The largest absolute Gasteiger partial charge is 0.335 e. The lowest BCUT2D eigenvalue weighted by molar-refractivity contribution is -0.137. The fraction of sp³-hybridized carbons (Fsp3) is 0.688. The second-order valence-corrected chi connectivity index (χ2v) is 7.09. The molecule has 1 aliphatic heterocycles. The summed E-state index contributed by atoms with van der Waals surface area (Å²) in [4.78, 5) is 16.4. The van der Waals surface area contributed by atoms with Gasteiger partial charge in [-0.2, -0.15) is 0 Å². The monoisotopic (exact) mass is 292 g/mol. The highest BCUT2D eigenvalue weighted by Crippen LogP contribution is 2.37. The first-order valence-electron chi connectivity index (χ1n) is 7.87. The third-order valence-corrected chi connectivity index (χ3v) is 5.77. The molecule has 0 spiro atoms. The standard InChI is InChI=1S/C16H24N2OS/c17-13-7-3-1-2-6-12(13)16(19)18-10-4-8-14(18)15-9-5-11-20-15/h5,9,11-14H,1-4,6-8,10,17H2. The van der Waals surface area contributed by atoms with Crippen LogP contribution in [0.3, 0.4) is 0 Å². The number of nitrogens with two attached hydrogens (primary N) is 1. The molecule has 110 valence electrons. The van der Waals surface area contributed by atoms with Crippen molar-refractivity contribution in [3.05, 3.63) is 22.4 Å². The Morgan fingerprint density at radius 3 is 2.85 bits per heavy atom. The molecular weight excluding hydrogens is 268 g/mol. The lowest BCUT2D eigenvalue weighted by Gasteiger charge is -2.30. The molecule has 20 heavy (non-hydrogen) atoms. The summed E-state index contributed by atoms with van der Waals surface area (Å²) in [5.41, 5.74) is 6.27. The molecule has 2 heterocycles. The van der Waals surface area contributed by atoms with E-state index in [4.69, 9.17) is 5.73 Å². The minimum Gasteiger partial charge on any atom is -0.335 e. The summed E-state index contributed by atoms with van der Waals surface area (Å²) in [5, 5.41) is 2.10. The van der Waals surface area contributed by atoms with Crippen molar-refractivity contribution in [1.82, 2.24) is 4.90 Å². The Morgan fingerprint density at radius 2 is 2.05 bits per heavy atom. The van der Waals surface area contributed by atoms with Crippen LogP contribution in [0, 0.1) is 5.92 Å². The van der Waals surface area contributed by atoms with Crippen LogP contribution < -0.4 is 5.73 Å². The van der Waals surface area contributed by atoms with Gasteiger partial charge in [-0.25, -0.2) is 0 Å². The highest BCUT2D eigenvalue weighted by atomic mass is 32.1. The molecule has 2 N–H and O–H groups in total. The minimum absolute atomic E-state index is 0.0538. The molecule has 3 unspecified atom stereocenters. The van der Waals surface area contributed by atoms with Crippen molar-refractivity contribution in [2.24, 2.45) is 11.7 Å². The smallest absolute Gasteiger partial charge is 0.227 e. The second-order valence-electron chi connectivity index (χ2n) is 6.11. The fourth-order valence-corrected chi connectivity index (χ4v) is 4.54. The summed E-state index contributed by atoms with van der Waals surface area (Å²) < 4.78 is 0. The maximum absolute atomic E-state index is 12.9. The highest BCUT2D eigenvalue weighted by molar-refractivity contribution is 7.10. The van der Waals surface area contributed by atoms with E-state index in [1.807, 2.05) is 0 Å². The van der Waals surface area contributed by atoms with Crippen LogP contribution in [-0.2, 0) is 4.79 Å². The van der Waals surface area contributed by atoms with Gasteiger partial charge in [0.15, 0.2) is 0 Å². The van der Waals surface area contributed by atoms with E-state index in [2.05, 4.69) is 22.4 Å². The molecule has 3 nitrogen and oxygen atoms in total. The average Bonchev–Trinajstić information content (AvgIpc) is 3.07. The number of hydrogen-bond acceptors (Lipinski definition) is 3. The maximum atomic E-state index is 12.9. The van der Waals surface area contributed by atoms with Gasteiger partial charge in [-0.15, -0.1) is 11.3 Å². The first-order chi connectivity index (χ1) is 9.77. The van der Waals surface area contributed by atoms with Crippen molar-refractivity contribution in [3.8, 4) is 0 Å². The topological polar surface area (TPSA) is 46.3 Å². The van der Waals surface area contributed by atoms with Crippen molar-refractivity contribution >= 4 is 17.2 Å². The van der Waals surface area contributed by atoms with E-state index in [-0.39, 0.29) is 12.0 Å². The molecule has 1 amide bonds. The van der Waals surface area contributed by atoms with E-state index in [0.29, 0.717) is 11.9 Å². The summed E-state index contributed by atoms with van der Waals surface area (Å²) >= 11 is 1.77. The predicted octanol–water partition coefficient (Wildman–Crippen LogP) is 3.32. The summed E-state index contributed by atoms with van der Waals surface area (Å²) in [5.74, 6) is 0.369. The van der Waals surface area contributed by atoms with Crippen LogP contribution in [-0.4, -0.2) is 23.4 Å². The Hall–Kier alpha value is -0.870. The molecule has 1 saturated carbocycles. The van der Waals surface area contributed by atoms with E-state index in [1.165, 1.54) is 17.7 Å². The van der Waals surface area contributed by atoms with E-state index in [0.717, 1.165) is 38.6 Å². The molecule has 2 fully saturated rings. The average molecular weight is 292 g/mol. The number of nitrogens with zero attached hydrogens (tertiary/aromatic N) is 1. The van der Waals surface area contributed by atoms with Gasteiger partial charge in [0.25, 0.3) is 0 Å². The van der Waals surface area contributed by atoms with Crippen LogP contribution in [0.2, 0.25) is 0 Å². The van der Waals surface area contributed by atoms with Crippen LogP contribution in [0.15, 0.2) is 17.5 Å². The summed E-state index contributed by atoms with van der Waals surface area (Å²) in [7, 11) is 0. The summed E-state index contributed by atoms with van der Waals surface area (Å²) in [6, 6.07) is 4.61. The third kappa shape index (κ3) is 2.77. The predicted molar refractivity (Wildman–Crippen MR) is 82.6 cm³/mol. The van der Waals surface area contributed by atoms with Crippen molar-refractivity contribution in [2.45, 2.75) is 57.0 Å². The Morgan fingerprint density at radius 1 is 1.20 bits per heavy atom. The molecule has 1 aliphatic carbocycles. The molecule has 0 aromatic carbocycles. The van der Waals surface area contributed by atoms with Gasteiger partial charge in [-0.1, -0.05) is 25.3 Å². The zero-order chi connectivity index (χ0) is 13.9. The SMILES string of the molecule is NC1CCCCCC1C(=O)N1CCCC1c1cccs1. The second kappa shape index (κ2) is 6.27. The minimum atomic E-state index is 0.0538. The van der Waals surface area contributed by atoms with Gasteiger partial charge < -0.3 is 10.6 Å². The molecule has 1 aromatic heterocycles. The third-order valence-electron chi connectivity index (χ3n) is 4.79. The molecule has 3 atom stereocenters. The van der Waals surface area contributed by atoms with Crippen LogP contribution in [0.25, 0.3) is 0 Å². The lowest BCUT2D eigenvalue weighted by Crippen LogP contribution is -2.43. The number of thiophene rings is 1. The van der Waals surface area contributed by atoms with Crippen LogP contribution in [0.5, 0.6) is 0 Å². The maximum Gasteiger partial charge on any atom is 0.227 e. The van der Waals surface area contributed by atoms with Gasteiger partial charge in [0.05, 0.1) is 12.0 Å². The number of carbonyl (C=O) groups is 1. The first-order valence-corrected chi connectivity index (χ1v) is 8.75. The quantitative estimate of drug-likeness (QED) is 0.850. The Bertz CT molecular complexity index is 445. The van der Waals surface area contributed by atoms with Crippen molar-refractivity contribution in [2.75, 3.05) is 6.54 Å². The Kier molecular flexibility index (Phi) is 4.41. The molecule has 4 heteroatoms. The fourth-order valence-electron chi connectivity index (χ4n) is 3.66. The molecule has 1 saturated heterocycles. The van der Waals surface area contributed by atoms with Crippen molar-refractivity contribution < 1.29 is 4.79 Å². The van der Waals surface area contributed by atoms with E-state index in [1.54, 1.807) is 11.3 Å². The highest BCUT2D eigenvalue weighted by Gasteiger charge is 2.36. The first kappa shape index (κ1) is 14.1. The molecule has 3 rings (SSSR count). The molecule has 0 radical (unpaired) electrons. The molecule has 1 aromatic rings. The van der Waals surface area contributed by atoms with Crippen molar-refractivity contribution in [3.63, 3.8) is 0 Å². The van der Waals surface area contributed by atoms with Gasteiger partial charge in [-0.05, 0) is 37.1 Å². The molecule has 0 bridgehead atoms. The molecule has 2 aliphatic rings. The number of hydrogen-bond donors (Lipinski definition) is 1. The molecular formula is C16H24N2OS. The van der Waals surface area contributed by atoms with Gasteiger partial charge in [0.2, 0.25) is 5.91 Å². The summed E-state index contributed by atoms with van der Waals surface area (Å²) in [6.07, 6.45) is 7.78. The zero-order valence-electron chi connectivity index (χ0n) is 12.0.